The van der Waals surface area contributed by atoms with E-state index in [1.165, 1.54) is 34.2 Å². The molecule has 3 heterocycles. The molecular weight excluding hydrogens is 464 g/mol. The number of aromatic nitrogens is 2. The lowest BCUT2D eigenvalue weighted by Gasteiger charge is -2.35. The van der Waals surface area contributed by atoms with Gasteiger partial charge < -0.3 is 9.80 Å². The first-order valence-electron chi connectivity index (χ1n) is 12.9. The fourth-order valence-electron chi connectivity index (χ4n) is 5.24. The van der Waals surface area contributed by atoms with Gasteiger partial charge in [0.25, 0.3) is 0 Å². The minimum absolute atomic E-state index is 0.0732. The van der Waals surface area contributed by atoms with Crippen molar-refractivity contribution in [1.82, 2.24) is 14.9 Å². The van der Waals surface area contributed by atoms with E-state index in [0.29, 0.717) is 13.1 Å². The van der Waals surface area contributed by atoms with Gasteiger partial charge in [0.15, 0.2) is 0 Å². The lowest BCUT2D eigenvalue weighted by atomic mass is 9.96. The average molecular weight is 495 g/mol. The lowest BCUT2D eigenvalue weighted by molar-refractivity contribution is -0.126. The van der Waals surface area contributed by atoms with Crippen LogP contribution in [0.15, 0.2) is 66.7 Å². The third-order valence-electron chi connectivity index (χ3n) is 7.16. The number of hydrogen-bond acceptors (Lipinski definition) is 5. The average Bonchev–Trinajstić information content (AvgIpc) is 3.31. The van der Waals surface area contributed by atoms with Crippen molar-refractivity contribution in [3.05, 3.63) is 94.1 Å². The largest absolute Gasteiger partial charge is 0.352 e. The van der Waals surface area contributed by atoms with Crippen LogP contribution in [0.1, 0.15) is 40.2 Å². The molecule has 1 aliphatic heterocycles. The molecule has 0 saturated carbocycles. The van der Waals surface area contributed by atoms with Crippen LogP contribution in [0.3, 0.4) is 0 Å². The van der Waals surface area contributed by atoms with Crippen molar-refractivity contribution >= 4 is 39.4 Å². The van der Waals surface area contributed by atoms with Gasteiger partial charge >= 0.3 is 0 Å². The minimum atomic E-state index is 0.0732. The van der Waals surface area contributed by atoms with E-state index in [1.54, 1.807) is 6.08 Å². The van der Waals surface area contributed by atoms with Crippen LogP contribution in [0.25, 0.3) is 16.3 Å². The maximum absolute atomic E-state index is 12.8. The smallest absolute Gasteiger partial charge is 0.246 e. The van der Waals surface area contributed by atoms with E-state index in [0.717, 1.165) is 54.4 Å². The normalized spacial score (nSPS) is 16.0. The Kier molecular flexibility index (Phi) is 6.51. The van der Waals surface area contributed by atoms with Crippen molar-refractivity contribution in [2.24, 2.45) is 0 Å². The van der Waals surface area contributed by atoms with Gasteiger partial charge in [-0.05, 0) is 48.4 Å². The second kappa shape index (κ2) is 10.2. The third-order valence-corrected chi connectivity index (χ3v) is 8.34. The molecule has 2 aliphatic rings. The van der Waals surface area contributed by atoms with E-state index in [4.69, 9.17) is 9.97 Å². The standard InChI is InChI=1S/C30H30N4OS/c35-27(16-15-22-9-3-1-4-10-22)33-17-19-34(20-18-33)29-28-24-13-7-8-14-25(24)36-30(28)32-26(31-29)21-23-11-5-2-6-12-23/h1-6,9-12,15-16H,7-8,13-14,17-21H2/b16-15+. The van der Waals surface area contributed by atoms with Crippen molar-refractivity contribution in [3.63, 3.8) is 0 Å². The summed E-state index contributed by atoms with van der Waals surface area (Å²) in [6.07, 6.45) is 9.09. The fourth-order valence-corrected chi connectivity index (χ4v) is 6.52. The number of rotatable bonds is 5. The Morgan fingerprint density at radius 1 is 0.889 bits per heavy atom. The van der Waals surface area contributed by atoms with Crippen LogP contribution in [-0.4, -0.2) is 47.0 Å². The van der Waals surface area contributed by atoms with E-state index in [-0.39, 0.29) is 5.91 Å². The van der Waals surface area contributed by atoms with Gasteiger partial charge in [-0.15, -0.1) is 11.3 Å². The topological polar surface area (TPSA) is 49.3 Å². The monoisotopic (exact) mass is 494 g/mol. The highest BCUT2D eigenvalue weighted by Crippen LogP contribution is 2.40. The Labute approximate surface area is 216 Å². The number of piperazine rings is 1. The first kappa shape index (κ1) is 22.9. The third kappa shape index (κ3) is 4.78. The fraction of sp³-hybridized carbons (Fsp3) is 0.300. The van der Waals surface area contributed by atoms with Gasteiger partial charge in [0.05, 0.1) is 5.39 Å². The zero-order valence-electron chi connectivity index (χ0n) is 20.4. The zero-order valence-corrected chi connectivity index (χ0v) is 21.2. The molecule has 0 bridgehead atoms. The van der Waals surface area contributed by atoms with E-state index in [2.05, 4.69) is 29.2 Å². The molecule has 0 unspecified atom stereocenters. The summed E-state index contributed by atoms with van der Waals surface area (Å²) in [5.74, 6) is 2.02. The maximum Gasteiger partial charge on any atom is 0.246 e. The van der Waals surface area contributed by atoms with Gasteiger partial charge in [-0.2, -0.15) is 0 Å². The molecule has 1 saturated heterocycles. The number of thiophene rings is 1. The van der Waals surface area contributed by atoms with Crippen LogP contribution in [0.5, 0.6) is 0 Å². The molecule has 36 heavy (non-hydrogen) atoms. The number of nitrogens with zero attached hydrogens (tertiary/aromatic N) is 4. The Morgan fingerprint density at radius 2 is 1.61 bits per heavy atom. The summed E-state index contributed by atoms with van der Waals surface area (Å²) < 4.78 is 0. The highest BCUT2D eigenvalue weighted by Gasteiger charge is 2.27. The lowest BCUT2D eigenvalue weighted by Crippen LogP contribution is -2.48. The summed E-state index contributed by atoms with van der Waals surface area (Å²) in [7, 11) is 0. The van der Waals surface area contributed by atoms with Crippen LogP contribution in [-0.2, 0) is 24.1 Å². The highest BCUT2D eigenvalue weighted by atomic mass is 32.1. The van der Waals surface area contributed by atoms with Crippen LogP contribution < -0.4 is 4.90 Å². The van der Waals surface area contributed by atoms with Gasteiger partial charge in [-0.25, -0.2) is 9.97 Å². The van der Waals surface area contributed by atoms with E-state index in [1.807, 2.05) is 58.7 Å². The van der Waals surface area contributed by atoms with Gasteiger partial charge in [0.2, 0.25) is 5.91 Å². The van der Waals surface area contributed by atoms with Gasteiger partial charge in [-0.3, -0.25) is 4.79 Å². The summed E-state index contributed by atoms with van der Waals surface area (Å²) in [5.41, 5.74) is 3.73. The van der Waals surface area contributed by atoms with Crippen LogP contribution in [0.2, 0.25) is 0 Å². The number of carbonyl (C=O) groups is 1. The van der Waals surface area contributed by atoms with Crippen LogP contribution in [0, 0.1) is 0 Å². The first-order chi connectivity index (χ1) is 17.7. The van der Waals surface area contributed by atoms with Crippen molar-refractivity contribution < 1.29 is 4.79 Å². The molecule has 4 aromatic rings. The highest BCUT2D eigenvalue weighted by molar-refractivity contribution is 7.19. The van der Waals surface area contributed by atoms with Crippen LogP contribution in [0.4, 0.5) is 5.82 Å². The summed E-state index contributed by atoms with van der Waals surface area (Å²) in [6, 6.07) is 20.4. The van der Waals surface area contributed by atoms with Crippen molar-refractivity contribution in [2.75, 3.05) is 31.1 Å². The molecule has 182 valence electrons. The molecule has 6 rings (SSSR count). The molecule has 2 aromatic heterocycles. The van der Waals surface area contributed by atoms with Crippen molar-refractivity contribution in [3.8, 4) is 0 Å². The summed E-state index contributed by atoms with van der Waals surface area (Å²) >= 11 is 1.86. The molecule has 1 aliphatic carbocycles. The zero-order chi connectivity index (χ0) is 24.3. The Balaban J connectivity index is 1.25. The Morgan fingerprint density at radius 3 is 2.39 bits per heavy atom. The second-order valence-electron chi connectivity index (χ2n) is 9.57. The molecule has 6 heteroatoms. The number of benzene rings is 2. The summed E-state index contributed by atoms with van der Waals surface area (Å²) in [4.78, 5) is 30.0. The van der Waals surface area contributed by atoms with Gasteiger partial charge in [0, 0.05) is 43.6 Å². The predicted octanol–water partition coefficient (Wildman–Crippen LogP) is 5.52. The molecule has 1 amide bonds. The Hall–Kier alpha value is -3.51. The molecule has 0 spiro atoms. The minimum Gasteiger partial charge on any atom is -0.352 e. The predicted molar refractivity (Wildman–Crippen MR) is 148 cm³/mol. The summed E-state index contributed by atoms with van der Waals surface area (Å²) in [5, 5.41) is 1.26. The maximum atomic E-state index is 12.8. The van der Waals surface area contributed by atoms with E-state index in [9.17, 15) is 4.79 Å². The molecule has 0 radical (unpaired) electrons. The van der Waals surface area contributed by atoms with Crippen molar-refractivity contribution in [1.29, 1.82) is 0 Å². The van der Waals surface area contributed by atoms with Crippen LogP contribution >= 0.6 is 11.3 Å². The molecule has 0 atom stereocenters. The number of aryl methyl sites for hydroxylation is 2. The summed E-state index contributed by atoms with van der Waals surface area (Å²) in [6.45, 7) is 2.96. The molecule has 2 aromatic carbocycles. The van der Waals surface area contributed by atoms with Crippen molar-refractivity contribution in [2.45, 2.75) is 32.1 Å². The van der Waals surface area contributed by atoms with E-state index >= 15 is 0 Å². The molecule has 1 fully saturated rings. The molecule has 5 nitrogen and oxygen atoms in total. The van der Waals surface area contributed by atoms with E-state index < -0.39 is 0 Å². The first-order valence-corrected chi connectivity index (χ1v) is 13.7. The number of amides is 1. The quantitative estimate of drug-likeness (QED) is 0.343. The molecular formula is C30H30N4OS. The van der Waals surface area contributed by atoms with Gasteiger partial charge in [-0.1, -0.05) is 60.7 Å². The number of anilines is 1. The SMILES string of the molecule is O=C(/C=C/c1ccccc1)N1CCN(c2nc(Cc3ccccc3)nc3sc4c(c23)CCCC4)CC1. The molecule has 0 N–H and O–H groups in total. The second-order valence-corrected chi connectivity index (χ2v) is 10.7. The van der Waals surface area contributed by atoms with Gasteiger partial charge in [0.1, 0.15) is 16.5 Å². The number of fused-ring (bicyclic) bond motifs is 3. The Bertz CT molecular complexity index is 1390. The number of carbonyl (C=O) groups excluding carboxylic acids is 1. The number of hydrogen-bond donors (Lipinski definition) is 0.